The zero-order valence-electron chi connectivity index (χ0n) is 13.8. The summed E-state index contributed by atoms with van der Waals surface area (Å²) in [6.45, 7) is 5.30. The van der Waals surface area contributed by atoms with E-state index in [-0.39, 0.29) is 12.4 Å². The van der Waals surface area contributed by atoms with Crippen LogP contribution in [-0.2, 0) is 11.3 Å². The number of aromatic nitrogens is 2. The molecule has 0 spiro atoms. The molecule has 2 heterocycles. The Labute approximate surface area is 139 Å². The van der Waals surface area contributed by atoms with Gasteiger partial charge >= 0.3 is 6.09 Å². The van der Waals surface area contributed by atoms with Gasteiger partial charge in [-0.3, -0.25) is 9.69 Å². The van der Waals surface area contributed by atoms with Crippen molar-refractivity contribution in [2.75, 3.05) is 4.90 Å². The molecule has 1 N–H and O–H groups in total. The van der Waals surface area contributed by atoms with Gasteiger partial charge in [-0.1, -0.05) is 6.07 Å². The summed E-state index contributed by atoms with van der Waals surface area (Å²) in [5, 5.41) is 9.85. The van der Waals surface area contributed by atoms with E-state index in [4.69, 9.17) is 4.74 Å². The van der Waals surface area contributed by atoms with E-state index in [1.807, 2.05) is 0 Å². The predicted molar refractivity (Wildman–Crippen MR) is 87.9 cm³/mol. The van der Waals surface area contributed by atoms with Gasteiger partial charge in [-0.2, -0.15) is 0 Å². The third-order valence-corrected chi connectivity index (χ3v) is 2.99. The maximum absolute atomic E-state index is 12.5. The molecule has 7 heteroatoms. The largest absolute Gasteiger partial charge is 0.493 e. The summed E-state index contributed by atoms with van der Waals surface area (Å²) in [4.78, 5) is 32.5. The van der Waals surface area contributed by atoms with E-state index in [1.165, 1.54) is 17.3 Å². The van der Waals surface area contributed by atoms with E-state index >= 15 is 0 Å². The van der Waals surface area contributed by atoms with Gasteiger partial charge in [0.1, 0.15) is 11.4 Å². The smallest absolute Gasteiger partial charge is 0.416 e. The van der Waals surface area contributed by atoms with Crippen molar-refractivity contribution in [3.8, 4) is 5.88 Å². The quantitative estimate of drug-likeness (QED) is 0.867. The maximum atomic E-state index is 12.5. The van der Waals surface area contributed by atoms with Crippen LogP contribution in [-0.4, -0.2) is 33.1 Å². The minimum atomic E-state index is -0.685. The zero-order valence-corrected chi connectivity index (χ0v) is 13.8. The fourth-order valence-electron chi connectivity index (χ4n) is 1.91. The van der Waals surface area contributed by atoms with Crippen molar-refractivity contribution in [3.63, 3.8) is 0 Å². The van der Waals surface area contributed by atoms with Crippen LogP contribution in [0, 0.1) is 0 Å². The van der Waals surface area contributed by atoms with Crippen molar-refractivity contribution >= 4 is 18.2 Å². The molecule has 0 aliphatic rings. The van der Waals surface area contributed by atoms with Gasteiger partial charge in [-0.05, 0) is 39.0 Å². The fraction of sp³-hybridized carbons (Fsp3) is 0.294. The number of anilines is 1. The van der Waals surface area contributed by atoms with Gasteiger partial charge in [-0.25, -0.2) is 14.8 Å². The van der Waals surface area contributed by atoms with E-state index in [2.05, 4.69) is 9.97 Å². The highest BCUT2D eigenvalue weighted by Gasteiger charge is 2.25. The zero-order chi connectivity index (χ0) is 17.7. The molecule has 1 amide bonds. The van der Waals surface area contributed by atoms with Gasteiger partial charge < -0.3 is 9.84 Å². The second-order valence-electron chi connectivity index (χ2n) is 6.12. The second kappa shape index (κ2) is 7.08. The Balaban J connectivity index is 2.34. The minimum Gasteiger partial charge on any atom is -0.493 e. The lowest BCUT2D eigenvalue weighted by Crippen LogP contribution is -2.37. The number of aromatic hydroxyl groups is 1. The van der Waals surface area contributed by atoms with Gasteiger partial charge in [0, 0.05) is 23.5 Å². The normalized spacial score (nSPS) is 11.0. The number of ether oxygens (including phenoxy) is 1. The molecule has 2 rings (SSSR count). The van der Waals surface area contributed by atoms with Gasteiger partial charge in [0.15, 0.2) is 6.29 Å². The lowest BCUT2D eigenvalue weighted by molar-refractivity contribution is 0.0576. The molecule has 0 aromatic carbocycles. The van der Waals surface area contributed by atoms with Gasteiger partial charge in [0.2, 0.25) is 5.88 Å². The van der Waals surface area contributed by atoms with E-state index in [0.717, 1.165) is 0 Å². The molecule has 2 aromatic heterocycles. The predicted octanol–water partition coefficient (Wildman–Crippen LogP) is 2.94. The Morgan fingerprint density at radius 2 is 2.04 bits per heavy atom. The topological polar surface area (TPSA) is 92.6 Å². The highest BCUT2D eigenvalue weighted by molar-refractivity contribution is 5.87. The summed E-state index contributed by atoms with van der Waals surface area (Å²) in [6, 6.07) is 6.40. The molecule has 0 aliphatic carbocycles. The molecule has 0 unspecified atom stereocenters. The highest BCUT2D eigenvalue weighted by atomic mass is 16.6. The van der Waals surface area contributed by atoms with Crippen molar-refractivity contribution in [1.82, 2.24) is 9.97 Å². The van der Waals surface area contributed by atoms with Gasteiger partial charge in [0.05, 0.1) is 6.54 Å². The molecule has 0 saturated carbocycles. The Kier molecular flexibility index (Phi) is 5.13. The standard InChI is InChI=1S/C17H19N3O4/c1-17(2,3)24-16(23)20(10-13-5-4-8-18-15(13)22)14-7-6-12(11-21)9-19-14/h4-9,11H,10H2,1-3H3,(H,18,22). The second-order valence-corrected chi connectivity index (χ2v) is 6.12. The first-order chi connectivity index (χ1) is 11.3. The molecule has 24 heavy (non-hydrogen) atoms. The lowest BCUT2D eigenvalue weighted by atomic mass is 10.2. The van der Waals surface area contributed by atoms with Crippen LogP contribution in [0.4, 0.5) is 10.6 Å². The summed E-state index contributed by atoms with van der Waals surface area (Å²) in [6.07, 6.45) is 2.87. The monoisotopic (exact) mass is 329 g/mol. The number of hydrogen-bond acceptors (Lipinski definition) is 6. The van der Waals surface area contributed by atoms with Gasteiger partial charge in [-0.15, -0.1) is 0 Å². The molecule has 0 atom stereocenters. The SMILES string of the molecule is CC(C)(C)OC(=O)N(Cc1cccnc1O)c1ccc(C=O)cn1. The van der Waals surface area contributed by atoms with Crippen LogP contribution >= 0.6 is 0 Å². The van der Waals surface area contributed by atoms with Crippen molar-refractivity contribution in [3.05, 3.63) is 47.8 Å². The summed E-state index contributed by atoms with van der Waals surface area (Å²) in [5.74, 6) is 0.133. The van der Waals surface area contributed by atoms with Crippen LogP contribution < -0.4 is 4.90 Å². The summed E-state index contributed by atoms with van der Waals surface area (Å²) in [7, 11) is 0. The Bertz CT molecular complexity index is 723. The van der Waals surface area contributed by atoms with E-state index in [1.54, 1.807) is 45.0 Å². The average molecular weight is 329 g/mol. The minimum absolute atomic E-state index is 0.0298. The number of hydrogen-bond donors (Lipinski definition) is 1. The van der Waals surface area contributed by atoms with Crippen LogP contribution in [0.15, 0.2) is 36.7 Å². The summed E-state index contributed by atoms with van der Waals surface area (Å²) < 4.78 is 5.40. The maximum Gasteiger partial charge on any atom is 0.416 e. The first kappa shape index (κ1) is 17.4. The molecule has 126 valence electrons. The molecule has 2 aromatic rings. The molecule has 0 bridgehead atoms. The van der Waals surface area contributed by atoms with Crippen molar-refractivity contribution in [2.45, 2.75) is 32.9 Å². The molecule has 0 saturated heterocycles. The first-order valence-corrected chi connectivity index (χ1v) is 7.35. The molecular formula is C17H19N3O4. The highest BCUT2D eigenvalue weighted by Crippen LogP contribution is 2.22. The van der Waals surface area contributed by atoms with Gasteiger partial charge in [0.25, 0.3) is 0 Å². The number of aldehydes is 1. The van der Waals surface area contributed by atoms with E-state index in [0.29, 0.717) is 23.2 Å². The molecular weight excluding hydrogens is 310 g/mol. The van der Waals surface area contributed by atoms with Crippen LogP contribution in [0.3, 0.4) is 0 Å². The molecule has 7 nitrogen and oxygen atoms in total. The van der Waals surface area contributed by atoms with Crippen LogP contribution in [0.2, 0.25) is 0 Å². The third-order valence-electron chi connectivity index (χ3n) is 2.99. The fourth-order valence-corrected chi connectivity index (χ4v) is 1.91. The average Bonchev–Trinajstić information content (AvgIpc) is 2.52. The summed E-state index contributed by atoms with van der Waals surface area (Å²) in [5.41, 5.74) is 0.159. The van der Waals surface area contributed by atoms with Crippen LogP contribution in [0.5, 0.6) is 5.88 Å². The molecule has 0 fully saturated rings. The van der Waals surface area contributed by atoms with E-state index < -0.39 is 11.7 Å². The Hall–Kier alpha value is -2.96. The lowest BCUT2D eigenvalue weighted by Gasteiger charge is -2.27. The van der Waals surface area contributed by atoms with Crippen molar-refractivity contribution in [1.29, 1.82) is 0 Å². The molecule has 0 aliphatic heterocycles. The first-order valence-electron chi connectivity index (χ1n) is 7.35. The van der Waals surface area contributed by atoms with E-state index in [9.17, 15) is 14.7 Å². The van der Waals surface area contributed by atoms with Crippen molar-refractivity contribution < 1.29 is 19.4 Å². The van der Waals surface area contributed by atoms with Crippen LogP contribution in [0.1, 0.15) is 36.7 Å². The number of rotatable bonds is 4. The number of carbonyl (C=O) groups is 2. The summed E-state index contributed by atoms with van der Waals surface area (Å²) >= 11 is 0. The number of pyridine rings is 2. The molecule has 0 radical (unpaired) electrons. The third kappa shape index (κ3) is 4.52. The van der Waals surface area contributed by atoms with Crippen LogP contribution in [0.25, 0.3) is 0 Å². The number of carbonyl (C=O) groups excluding carboxylic acids is 2. The Morgan fingerprint density at radius 3 is 2.58 bits per heavy atom. The number of amides is 1. The Morgan fingerprint density at radius 1 is 1.29 bits per heavy atom. The number of nitrogens with zero attached hydrogens (tertiary/aromatic N) is 3. The van der Waals surface area contributed by atoms with Crippen molar-refractivity contribution in [2.24, 2.45) is 0 Å².